The van der Waals surface area contributed by atoms with Crippen molar-refractivity contribution in [3.8, 4) is 0 Å². The van der Waals surface area contributed by atoms with E-state index in [9.17, 15) is 0 Å². The molecule has 0 spiro atoms. The molecule has 0 amide bonds. The fourth-order valence-corrected chi connectivity index (χ4v) is 3.59. The summed E-state index contributed by atoms with van der Waals surface area (Å²) in [5, 5.41) is 10.1. The highest BCUT2D eigenvalue weighted by Gasteiger charge is 2.31. The number of hydrogen-bond donors (Lipinski definition) is 2. The van der Waals surface area contributed by atoms with Crippen LogP contribution >= 0.6 is 11.3 Å². The third kappa shape index (κ3) is 5.08. The topological polar surface area (TPSA) is 55.8 Å². The Balaban J connectivity index is 1.97. The van der Waals surface area contributed by atoms with Crippen LogP contribution < -0.4 is 15.5 Å². The van der Waals surface area contributed by atoms with E-state index < -0.39 is 0 Å². The zero-order valence-corrected chi connectivity index (χ0v) is 16.7. The fraction of sp³-hybridized carbons (Fsp3) is 0.765. The molecule has 24 heavy (non-hydrogen) atoms. The van der Waals surface area contributed by atoms with Crippen LogP contribution in [0.1, 0.15) is 33.4 Å². The molecule has 0 aromatic carbocycles. The minimum absolute atomic E-state index is 0.443. The summed E-state index contributed by atoms with van der Waals surface area (Å²) in [6.07, 6.45) is 0. The molecule has 6 nitrogen and oxygen atoms in total. The molecule has 1 aliphatic heterocycles. The molecule has 2 unspecified atom stereocenters. The predicted octanol–water partition coefficient (Wildman–Crippen LogP) is 1.99. The van der Waals surface area contributed by atoms with Gasteiger partial charge in [-0.2, -0.15) is 0 Å². The number of anilines is 1. The molecule has 1 fully saturated rings. The predicted molar refractivity (Wildman–Crippen MR) is 104 cm³/mol. The van der Waals surface area contributed by atoms with Crippen LogP contribution in [0.3, 0.4) is 0 Å². The Bertz CT molecular complexity index is 539. The molecule has 1 aromatic rings. The molecule has 0 radical (unpaired) electrons. The van der Waals surface area contributed by atoms with Crippen molar-refractivity contribution < 1.29 is 0 Å². The second kappa shape index (κ2) is 8.67. The van der Waals surface area contributed by atoms with E-state index in [4.69, 9.17) is 4.99 Å². The van der Waals surface area contributed by atoms with Gasteiger partial charge in [0.1, 0.15) is 0 Å². The Morgan fingerprint density at radius 2 is 2.21 bits per heavy atom. The molecule has 7 heteroatoms. The van der Waals surface area contributed by atoms with E-state index in [1.165, 1.54) is 0 Å². The third-order valence-corrected chi connectivity index (χ3v) is 5.42. The molecule has 2 heterocycles. The SMILES string of the molecule is CCNC(=NCc1csc(N(C)C)n1)NC1CN(C(C)C)CC1C. The Kier molecular flexibility index (Phi) is 6.86. The van der Waals surface area contributed by atoms with E-state index in [-0.39, 0.29) is 0 Å². The first-order chi connectivity index (χ1) is 11.4. The maximum atomic E-state index is 4.73. The smallest absolute Gasteiger partial charge is 0.191 e. The summed E-state index contributed by atoms with van der Waals surface area (Å²) in [4.78, 5) is 13.9. The van der Waals surface area contributed by atoms with Gasteiger partial charge in [0.15, 0.2) is 11.1 Å². The van der Waals surface area contributed by atoms with Crippen molar-refractivity contribution >= 4 is 22.4 Å². The Morgan fingerprint density at radius 1 is 1.46 bits per heavy atom. The van der Waals surface area contributed by atoms with Gasteiger partial charge in [0, 0.05) is 51.2 Å². The molecular formula is C17H32N6S. The number of thiazole rings is 1. The molecular weight excluding hydrogens is 320 g/mol. The van der Waals surface area contributed by atoms with E-state index in [1.54, 1.807) is 11.3 Å². The van der Waals surface area contributed by atoms with E-state index in [0.29, 0.717) is 24.5 Å². The first kappa shape index (κ1) is 19.0. The summed E-state index contributed by atoms with van der Waals surface area (Å²) in [6, 6.07) is 1.04. The number of hydrogen-bond acceptors (Lipinski definition) is 5. The van der Waals surface area contributed by atoms with Crippen LogP contribution in [0.15, 0.2) is 10.4 Å². The quantitative estimate of drug-likeness (QED) is 0.606. The van der Waals surface area contributed by atoms with E-state index in [0.717, 1.165) is 36.4 Å². The maximum absolute atomic E-state index is 4.73. The van der Waals surface area contributed by atoms with E-state index in [1.807, 2.05) is 19.0 Å². The minimum atomic E-state index is 0.443. The van der Waals surface area contributed by atoms with Gasteiger partial charge in [-0.15, -0.1) is 11.3 Å². The first-order valence-corrected chi connectivity index (χ1v) is 9.69. The van der Waals surface area contributed by atoms with Gasteiger partial charge in [-0.1, -0.05) is 6.92 Å². The average Bonchev–Trinajstić information content (AvgIpc) is 3.12. The summed E-state index contributed by atoms with van der Waals surface area (Å²) >= 11 is 1.66. The van der Waals surface area contributed by atoms with E-state index in [2.05, 4.69) is 53.6 Å². The van der Waals surface area contributed by atoms with Crippen LogP contribution in [0.25, 0.3) is 0 Å². The molecule has 0 bridgehead atoms. The highest BCUT2D eigenvalue weighted by molar-refractivity contribution is 7.13. The van der Waals surface area contributed by atoms with Gasteiger partial charge in [-0.3, -0.25) is 4.90 Å². The van der Waals surface area contributed by atoms with Gasteiger partial charge in [0.25, 0.3) is 0 Å². The van der Waals surface area contributed by atoms with Crippen molar-refractivity contribution in [3.63, 3.8) is 0 Å². The maximum Gasteiger partial charge on any atom is 0.191 e. The van der Waals surface area contributed by atoms with Gasteiger partial charge in [-0.25, -0.2) is 9.98 Å². The summed E-state index contributed by atoms with van der Waals surface area (Å²) in [7, 11) is 4.03. The number of aromatic nitrogens is 1. The van der Waals surface area contributed by atoms with E-state index >= 15 is 0 Å². The van der Waals surface area contributed by atoms with Gasteiger partial charge in [0.2, 0.25) is 0 Å². The largest absolute Gasteiger partial charge is 0.357 e. The summed E-state index contributed by atoms with van der Waals surface area (Å²) in [5.74, 6) is 1.51. The van der Waals surface area contributed by atoms with Crippen LogP contribution in [0.5, 0.6) is 0 Å². The lowest BCUT2D eigenvalue weighted by atomic mass is 10.1. The molecule has 2 rings (SSSR count). The fourth-order valence-electron chi connectivity index (χ4n) is 2.84. The number of nitrogens with zero attached hydrogens (tertiary/aromatic N) is 4. The molecule has 2 atom stereocenters. The van der Waals surface area contributed by atoms with Crippen LogP contribution in [-0.4, -0.2) is 61.7 Å². The van der Waals surface area contributed by atoms with Crippen molar-refractivity contribution in [2.45, 2.75) is 46.3 Å². The summed E-state index contributed by atoms with van der Waals surface area (Å²) < 4.78 is 0. The number of likely N-dealkylation sites (tertiary alicyclic amines) is 1. The average molecular weight is 353 g/mol. The zero-order chi connectivity index (χ0) is 17.7. The third-order valence-electron chi connectivity index (χ3n) is 4.36. The molecule has 1 saturated heterocycles. The van der Waals surface area contributed by atoms with Crippen LogP contribution in [0, 0.1) is 5.92 Å². The highest BCUT2D eigenvalue weighted by atomic mass is 32.1. The number of aliphatic imine (C=N–C) groups is 1. The Morgan fingerprint density at radius 3 is 2.75 bits per heavy atom. The van der Waals surface area contributed by atoms with Gasteiger partial charge < -0.3 is 15.5 Å². The molecule has 2 N–H and O–H groups in total. The number of rotatable bonds is 6. The standard InChI is InChI=1S/C17H32N6S/c1-7-18-16(19-8-14-11-24-17(20-14)22(5)6)21-15-10-23(12(2)3)9-13(15)4/h11-13,15H,7-10H2,1-6H3,(H2,18,19,21). The summed E-state index contributed by atoms with van der Waals surface area (Å²) in [6.45, 7) is 12.6. The van der Waals surface area contributed by atoms with Crippen LogP contribution in [0.4, 0.5) is 5.13 Å². The second-order valence-electron chi connectivity index (χ2n) is 6.99. The minimum Gasteiger partial charge on any atom is -0.357 e. The Hall–Kier alpha value is -1.34. The second-order valence-corrected chi connectivity index (χ2v) is 7.82. The van der Waals surface area contributed by atoms with Crippen molar-refractivity contribution in [2.24, 2.45) is 10.9 Å². The molecule has 136 valence electrons. The van der Waals surface area contributed by atoms with Crippen molar-refractivity contribution in [1.82, 2.24) is 20.5 Å². The number of nitrogens with one attached hydrogen (secondary N) is 2. The lowest BCUT2D eigenvalue weighted by Gasteiger charge is -2.21. The molecule has 1 aromatic heterocycles. The van der Waals surface area contributed by atoms with Crippen molar-refractivity contribution in [3.05, 3.63) is 11.1 Å². The number of guanidine groups is 1. The Labute approximate surface area is 150 Å². The first-order valence-electron chi connectivity index (χ1n) is 8.81. The van der Waals surface area contributed by atoms with Crippen molar-refractivity contribution in [2.75, 3.05) is 38.6 Å². The van der Waals surface area contributed by atoms with Gasteiger partial charge >= 0.3 is 0 Å². The molecule has 0 saturated carbocycles. The summed E-state index contributed by atoms with van der Waals surface area (Å²) in [5.41, 5.74) is 1.02. The molecule has 1 aliphatic rings. The van der Waals surface area contributed by atoms with Crippen LogP contribution in [0.2, 0.25) is 0 Å². The highest BCUT2D eigenvalue weighted by Crippen LogP contribution is 2.19. The monoisotopic (exact) mass is 352 g/mol. The zero-order valence-electron chi connectivity index (χ0n) is 15.8. The van der Waals surface area contributed by atoms with Gasteiger partial charge in [0.05, 0.1) is 12.2 Å². The lowest BCUT2D eigenvalue weighted by Crippen LogP contribution is -2.46. The lowest BCUT2D eigenvalue weighted by molar-refractivity contribution is 0.265. The van der Waals surface area contributed by atoms with Gasteiger partial charge in [-0.05, 0) is 26.7 Å². The van der Waals surface area contributed by atoms with Crippen molar-refractivity contribution in [1.29, 1.82) is 0 Å². The molecule has 0 aliphatic carbocycles. The van der Waals surface area contributed by atoms with Crippen LogP contribution in [-0.2, 0) is 6.54 Å². The normalized spacial score (nSPS) is 22.2.